The fourth-order valence-electron chi connectivity index (χ4n) is 2.69. The van der Waals surface area contributed by atoms with Crippen molar-refractivity contribution in [3.63, 3.8) is 0 Å². The van der Waals surface area contributed by atoms with Gasteiger partial charge in [0.25, 0.3) is 0 Å². The van der Waals surface area contributed by atoms with Gasteiger partial charge in [0, 0.05) is 12.1 Å². The summed E-state index contributed by atoms with van der Waals surface area (Å²) in [5.74, 6) is 0.373. The van der Waals surface area contributed by atoms with Gasteiger partial charge in [-0.3, -0.25) is 0 Å². The lowest BCUT2D eigenvalue weighted by Gasteiger charge is -2.26. The molecule has 0 spiro atoms. The molecule has 1 aromatic carbocycles. The van der Waals surface area contributed by atoms with E-state index in [0.29, 0.717) is 18.0 Å². The van der Waals surface area contributed by atoms with Crippen molar-refractivity contribution in [2.24, 2.45) is 5.92 Å². The molecule has 2 rings (SSSR count). The van der Waals surface area contributed by atoms with E-state index in [1.165, 1.54) is 31.2 Å². The van der Waals surface area contributed by atoms with Crippen molar-refractivity contribution in [3.8, 4) is 0 Å². The van der Waals surface area contributed by atoms with E-state index in [4.69, 9.17) is 0 Å². The standard InChI is InChI=1S/C15H22FN/c1-11(2)15(17-14-5-3-4-6-14)12-7-9-13(16)10-8-12/h7-11,14-15,17H,3-6H2,1-2H3. The predicted molar refractivity (Wildman–Crippen MR) is 69.4 cm³/mol. The monoisotopic (exact) mass is 235 g/mol. The zero-order chi connectivity index (χ0) is 12.3. The Kier molecular flexibility index (Phi) is 4.16. The molecule has 0 radical (unpaired) electrons. The number of benzene rings is 1. The third kappa shape index (κ3) is 3.29. The second-order valence-electron chi connectivity index (χ2n) is 5.42. The predicted octanol–water partition coefficient (Wildman–Crippen LogP) is 4.06. The lowest BCUT2D eigenvalue weighted by atomic mass is 9.95. The number of hydrogen-bond donors (Lipinski definition) is 1. The van der Waals surface area contributed by atoms with Gasteiger partial charge in [0.2, 0.25) is 0 Å². The first-order valence-corrected chi connectivity index (χ1v) is 6.68. The Balaban J connectivity index is 2.08. The van der Waals surface area contributed by atoms with Crippen molar-refractivity contribution in [2.75, 3.05) is 0 Å². The van der Waals surface area contributed by atoms with Gasteiger partial charge in [-0.2, -0.15) is 0 Å². The molecule has 1 nitrogen and oxygen atoms in total. The Morgan fingerprint density at radius 3 is 2.24 bits per heavy atom. The molecule has 0 saturated heterocycles. The normalized spacial score (nSPS) is 18.8. The lowest BCUT2D eigenvalue weighted by molar-refractivity contribution is 0.360. The lowest BCUT2D eigenvalue weighted by Crippen LogP contribution is -2.33. The highest BCUT2D eigenvalue weighted by Gasteiger charge is 2.22. The van der Waals surface area contributed by atoms with Crippen LogP contribution in [-0.4, -0.2) is 6.04 Å². The summed E-state index contributed by atoms with van der Waals surface area (Å²) >= 11 is 0. The van der Waals surface area contributed by atoms with Crippen LogP contribution in [0.1, 0.15) is 51.1 Å². The maximum atomic E-state index is 12.9. The van der Waals surface area contributed by atoms with Crippen molar-refractivity contribution in [1.29, 1.82) is 0 Å². The maximum Gasteiger partial charge on any atom is 0.123 e. The van der Waals surface area contributed by atoms with Crippen molar-refractivity contribution in [3.05, 3.63) is 35.6 Å². The average Bonchev–Trinajstić information content (AvgIpc) is 2.80. The van der Waals surface area contributed by atoms with Crippen LogP contribution in [0.5, 0.6) is 0 Å². The largest absolute Gasteiger partial charge is 0.307 e. The fourth-order valence-corrected chi connectivity index (χ4v) is 2.69. The van der Waals surface area contributed by atoms with Gasteiger partial charge in [0.05, 0.1) is 0 Å². The molecule has 1 N–H and O–H groups in total. The van der Waals surface area contributed by atoms with E-state index in [0.717, 1.165) is 0 Å². The van der Waals surface area contributed by atoms with Crippen LogP contribution in [0.4, 0.5) is 4.39 Å². The van der Waals surface area contributed by atoms with E-state index >= 15 is 0 Å². The minimum absolute atomic E-state index is 0.155. The Labute approximate surface area is 103 Å². The average molecular weight is 235 g/mol. The molecule has 0 aromatic heterocycles. The zero-order valence-corrected chi connectivity index (χ0v) is 10.7. The smallest absolute Gasteiger partial charge is 0.123 e. The Hall–Kier alpha value is -0.890. The quantitative estimate of drug-likeness (QED) is 0.830. The fraction of sp³-hybridized carbons (Fsp3) is 0.600. The molecule has 1 aliphatic rings. The van der Waals surface area contributed by atoms with Gasteiger partial charge in [0.15, 0.2) is 0 Å². The molecule has 0 heterocycles. The summed E-state index contributed by atoms with van der Waals surface area (Å²) < 4.78 is 12.9. The first-order chi connectivity index (χ1) is 8.16. The van der Waals surface area contributed by atoms with Crippen molar-refractivity contribution >= 4 is 0 Å². The summed E-state index contributed by atoms with van der Waals surface area (Å²) in [6, 6.07) is 7.91. The highest BCUT2D eigenvalue weighted by Crippen LogP contribution is 2.26. The first-order valence-electron chi connectivity index (χ1n) is 6.68. The number of hydrogen-bond acceptors (Lipinski definition) is 1. The summed E-state index contributed by atoms with van der Waals surface area (Å²) in [7, 11) is 0. The summed E-state index contributed by atoms with van der Waals surface area (Å²) in [4.78, 5) is 0. The molecular weight excluding hydrogens is 213 g/mol. The Bertz CT molecular complexity index is 338. The maximum absolute atomic E-state index is 12.9. The van der Waals surface area contributed by atoms with Crippen LogP contribution in [-0.2, 0) is 0 Å². The van der Waals surface area contributed by atoms with Gasteiger partial charge in [-0.05, 0) is 36.5 Å². The van der Waals surface area contributed by atoms with Gasteiger partial charge in [-0.25, -0.2) is 4.39 Å². The third-order valence-corrected chi connectivity index (χ3v) is 3.67. The molecule has 1 saturated carbocycles. The van der Waals surface area contributed by atoms with Crippen LogP contribution in [0.15, 0.2) is 24.3 Å². The summed E-state index contributed by atoms with van der Waals surface area (Å²) in [5, 5.41) is 3.73. The number of nitrogens with one attached hydrogen (secondary N) is 1. The molecule has 1 unspecified atom stereocenters. The molecule has 2 heteroatoms. The van der Waals surface area contributed by atoms with E-state index in [9.17, 15) is 4.39 Å². The van der Waals surface area contributed by atoms with Crippen molar-refractivity contribution < 1.29 is 4.39 Å². The van der Waals surface area contributed by atoms with E-state index < -0.39 is 0 Å². The van der Waals surface area contributed by atoms with Crippen LogP contribution in [0.25, 0.3) is 0 Å². The summed E-state index contributed by atoms with van der Waals surface area (Å²) in [6.07, 6.45) is 5.24. The van der Waals surface area contributed by atoms with Gasteiger partial charge >= 0.3 is 0 Å². The van der Waals surface area contributed by atoms with Gasteiger partial charge in [-0.15, -0.1) is 0 Å². The topological polar surface area (TPSA) is 12.0 Å². The molecular formula is C15H22FN. The molecule has 1 aromatic rings. The van der Waals surface area contributed by atoms with E-state index in [1.807, 2.05) is 12.1 Å². The highest BCUT2D eigenvalue weighted by molar-refractivity contribution is 5.20. The zero-order valence-electron chi connectivity index (χ0n) is 10.7. The van der Waals surface area contributed by atoms with E-state index in [2.05, 4.69) is 19.2 Å². The molecule has 1 atom stereocenters. The highest BCUT2D eigenvalue weighted by atomic mass is 19.1. The van der Waals surface area contributed by atoms with E-state index in [-0.39, 0.29) is 5.82 Å². The van der Waals surface area contributed by atoms with Crippen LogP contribution < -0.4 is 5.32 Å². The molecule has 17 heavy (non-hydrogen) atoms. The SMILES string of the molecule is CC(C)C(NC1CCCC1)c1ccc(F)cc1. The molecule has 1 aliphatic carbocycles. The minimum Gasteiger partial charge on any atom is -0.307 e. The number of halogens is 1. The molecule has 94 valence electrons. The van der Waals surface area contributed by atoms with Crippen molar-refractivity contribution in [1.82, 2.24) is 5.32 Å². The van der Waals surface area contributed by atoms with Crippen LogP contribution in [0, 0.1) is 11.7 Å². The van der Waals surface area contributed by atoms with E-state index in [1.54, 1.807) is 12.1 Å². The summed E-state index contributed by atoms with van der Waals surface area (Å²) in [6.45, 7) is 4.44. The number of rotatable bonds is 4. The van der Waals surface area contributed by atoms with Gasteiger partial charge in [-0.1, -0.05) is 38.8 Å². The second-order valence-corrected chi connectivity index (χ2v) is 5.42. The molecule has 0 aliphatic heterocycles. The molecule has 0 bridgehead atoms. The minimum atomic E-state index is -0.155. The summed E-state index contributed by atoms with van der Waals surface area (Å²) in [5.41, 5.74) is 1.20. The Morgan fingerprint density at radius 2 is 1.71 bits per heavy atom. The van der Waals surface area contributed by atoms with Crippen molar-refractivity contribution in [2.45, 2.75) is 51.6 Å². The second kappa shape index (κ2) is 5.63. The third-order valence-electron chi connectivity index (χ3n) is 3.67. The Morgan fingerprint density at radius 1 is 1.12 bits per heavy atom. The van der Waals surface area contributed by atoms with Crippen LogP contribution in [0.2, 0.25) is 0 Å². The van der Waals surface area contributed by atoms with Crippen LogP contribution >= 0.6 is 0 Å². The molecule has 0 amide bonds. The first kappa shape index (κ1) is 12.6. The van der Waals surface area contributed by atoms with Crippen LogP contribution in [0.3, 0.4) is 0 Å². The molecule has 1 fully saturated rings. The van der Waals surface area contributed by atoms with Gasteiger partial charge < -0.3 is 5.32 Å². The van der Waals surface area contributed by atoms with Gasteiger partial charge in [0.1, 0.15) is 5.82 Å².